The Bertz CT molecular complexity index is 699. The number of alkyl halides is 9. The highest BCUT2D eigenvalue weighted by atomic mass is 35.5. The standard InChI is InChI=1S/C12H14ClF8NO5S/c1-4-25-7-5-22(8(26-7)6(2)3)28(23,24)12(20,21)11(18,19)27-10(16,17)9(13,14)15/h7-8H,2,4-5H2,1,3H3/t7-,8-/m1/s1. The smallest absolute Gasteiger partial charge is 0.351 e. The molecule has 0 spiro atoms. The molecule has 0 saturated carbocycles. The van der Waals surface area contributed by atoms with Crippen molar-refractivity contribution in [1.82, 2.24) is 4.31 Å². The molecule has 16 heteroatoms. The second kappa shape index (κ2) is 7.83. The largest absolute Gasteiger partial charge is 0.449 e. The summed E-state index contributed by atoms with van der Waals surface area (Å²) in [4.78, 5) is 0. The molecule has 0 unspecified atom stereocenters. The maximum absolute atomic E-state index is 14.0. The van der Waals surface area contributed by atoms with Crippen LogP contribution in [0.4, 0.5) is 35.1 Å². The minimum atomic E-state index is -6.61. The molecule has 1 heterocycles. The van der Waals surface area contributed by atoms with Crippen LogP contribution in [0, 0.1) is 0 Å². The fourth-order valence-corrected chi connectivity index (χ4v) is 3.41. The zero-order valence-corrected chi connectivity index (χ0v) is 15.6. The van der Waals surface area contributed by atoms with E-state index in [1.807, 2.05) is 0 Å². The zero-order valence-electron chi connectivity index (χ0n) is 14.1. The van der Waals surface area contributed by atoms with Gasteiger partial charge in [-0.2, -0.15) is 39.4 Å². The Labute approximate surface area is 159 Å². The average molecular weight is 472 g/mol. The number of halogens is 9. The van der Waals surface area contributed by atoms with Crippen LogP contribution in [0.1, 0.15) is 13.8 Å². The SMILES string of the molecule is C=C(C)[C@H]1O[C@@H](OCC)CN1S(=O)(=O)C(F)(F)C(F)(F)OC(F)(F)C(F)(F)Cl. The summed E-state index contributed by atoms with van der Waals surface area (Å²) in [6.45, 7) is 4.63. The van der Waals surface area contributed by atoms with Gasteiger partial charge in [-0.1, -0.05) is 6.58 Å². The molecule has 0 amide bonds. The predicted octanol–water partition coefficient (Wildman–Crippen LogP) is 3.54. The molecule has 0 aliphatic carbocycles. The Kier molecular flexibility index (Phi) is 7.07. The molecule has 0 aromatic rings. The van der Waals surface area contributed by atoms with Crippen LogP contribution in [-0.4, -0.2) is 61.2 Å². The van der Waals surface area contributed by atoms with Crippen molar-refractivity contribution in [1.29, 1.82) is 0 Å². The van der Waals surface area contributed by atoms with E-state index >= 15 is 0 Å². The van der Waals surface area contributed by atoms with Crippen molar-refractivity contribution in [2.24, 2.45) is 0 Å². The lowest BCUT2D eigenvalue weighted by atomic mass is 10.3. The molecule has 2 atom stereocenters. The molecular formula is C12H14ClF8NO5S. The zero-order chi connectivity index (χ0) is 22.3. The first-order valence-corrected chi connectivity index (χ1v) is 8.97. The fraction of sp³-hybridized carbons (Fsp3) is 0.833. The summed E-state index contributed by atoms with van der Waals surface area (Å²) < 4.78 is 142. The summed E-state index contributed by atoms with van der Waals surface area (Å²) in [6, 6.07) is 0. The van der Waals surface area contributed by atoms with Crippen molar-refractivity contribution >= 4 is 21.6 Å². The van der Waals surface area contributed by atoms with Crippen molar-refractivity contribution in [2.75, 3.05) is 13.2 Å². The Morgan fingerprint density at radius 1 is 1.18 bits per heavy atom. The molecule has 166 valence electrons. The van der Waals surface area contributed by atoms with Gasteiger partial charge in [0.25, 0.3) is 10.0 Å². The average Bonchev–Trinajstić information content (AvgIpc) is 2.90. The van der Waals surface area contributed by atoms with E-state index < -0.39 is 51.9 Å². The Balaban J connectivity index is 3.31. The predicted molar refractivity (Wildman–Crippen MR) is 77.5 cm³/mol. The van der Waals surface area contributed by atoms with Gasteiger partial charge in [0.1, 0.15) is 6.23 Å². The van der Waals surface area contributed by atoms with Crippen LogP contribution in [0.2, 0.25) is 0 Å². The van der Waals surface area contributed by atoms with Gasteiger partial charge in [-0.05, 0) is 31.0 Å². The van der Waals surface area contributed by atoms with Gasteiger partial charge in [0, 0.05) is 6.61 Å². The number of hydrogen-bond donors (Lipinski definition) is 0. The van der Waals surface area contributed by atoms with Crippen molar-refractivity contribution < 1.29 is 57.8 Å². The van der Waals surface area contributed by atoms with E-state index in [0.29, 0.717) is 0 Å². The maximum atomic E-state index is 14.0. The molecule has 6 nitrogen and oxygen atoms in total. The van der Waals surface area contributed by atoms with Crippen LogP contribution in [0.15, 0.2) is 12.2 Å². The van der Waals surface area contributed by atoms with Crippen LogP contribution in [0.25, 0.3) is 0 Å². The van der Waals surface area contributed by atoms with Crippen molar-refractivity contribution in [3.05, 3.63) is 12.2 Å². The minimum absolute atomic E-state index is 0.0891. The summed E-state index contributed by atoms with van der Waals surface area (Å²) in [5, 5.41) is -12.3. The van der Waals surface area contributed by atoms with E-state index in [1.165, 1.54) is 6.92 Å². The molecule has 0 aromatic carbocycles. The Hall–Kier alpha value is -0.740. The van der Waals surface area contributed by atoms with Gasteiger partial charge in [-0.25, -0.2) is 13.2 Å². The minimum Gasteiger partial charge on any atom is -0.351 e. The topological polar surface area (TPSA) is 65.1 Å². The number of rotatable bonds is 9. The van der Waals surface area contributed by atoms with Crippen LogP contribution in [0.3, 0.4) is 0 Å². The number of ether oxygens (including phenoxy) is 3. The highest BCUT2D eigenvalue weighted by molar-refractivity contribution is 7.90. The Morgan fingerprint density at radius 3 is 2.07 bits per heavy atom. The molecule has 0 N–H and O–H groups in total. The summed E-state index contributed by atoms with van der Waals surface area (Å²) in [5.41, 5.74) is -0.247. The van der Waals surface area contributed by atoms with Gasteiger partial charge < -0.3 is 9.47 Å². The molecule has 0 bridgehead atoms. The van der Waals surface area contributed by atoms with Crippen LogP contribution in [0.5, 0.6) is 0 Å². The molecule has 1 saturated heterocycles. The molecule has 0 radical (unpaired) electrons. The Morgan fingerprint density at radius 2 is 1.68 bits per heavy atom. The normalized spacial score (nSPS) is 23.2. The van der Waals surface area contributed by atoms with Crippen LogP contribution in [-0.2, 0) is 24.2 Å². The first kappa shape index (κ1) is 25.3. The van der Waals surface area contributed by atoms with Gasteiger partial charge in [0.05, 0.1) is 6.54 Å². The van der Waals surface area contributed by atoms with Gasteiger partial charge in [-0.15, -0.1) is 0 Å². The molecule has 0 aromatic heterocycles. The molecule has 28 heavy (non-hydrogen) atoms. The van der Waals surface area contributed by atoms with Gasteiger partial charge in [0.2, 0.25) is 0 Å². The molecule has 1 aliphatic rings. The first-order chi connectivity index (χ1) is 12.3. The maximum Gasteiger partial charge on any atom is 0.449 e. The third-order valence-corrected chi connectivity index (χ3v) is 5.27. The number of nitrogens with zero attached hydrogens (tertiary/aromatic N) is 1. The van der Waals surface area contributed by atoms with Crippen molar-refractivity contribution in [3.8, 4) is 0 Å². The number of sulfonamides is 1. The second-order valence-corrected chi connectivity index (χ2v) is 7.85. The third kappa shape index (κ3) is 4.53. The second-order valence-electron chi connectivity index (χ2n) is 5.44. The summed E-state index contributed by atoms with van der Waals surface area (Å²) in [5.74, 6) is 0. The van der Waals surface area contributed by atoms with Crippen LogP contribution >= 0.6 is 11.6 Å². The van der Waals surface area contributed by atoms with E-state index in [-0.39, 0.29) is 16.5 Å². The van der Waals surface area contributed by atoms with E-state index in [1.54, 1.807) is 0 Å². The van der Waals surface area contributed by atoms with E-state index in [0.717, 1.165) is 6.92 Å². The summed E-state index contributed by atoms with van der Waals surface area (Å²) in [7, 11) is -6.52. The highest BCUT2D eigenvalue weighted by Crippen LogP contribution is 2.49. The lowest BCUT2D eigenvalue weighted by molar-refractivity contribution is -0.443. The number of hydrogen-bond acceptors (Lipinski definition) is 5. The molecule has 1 fully saturated rings. The van der Waals surface area contributed by atoms with Gasteiger partial charge in [-0.3, -0.25) is 0 Å². The molecular weight excluding hydrogens is 458 g/mol. The van der Waals surface area contributed by atoms with Gasteiger partial charge >= 0.3 is 22.9 Å². The highest BCUT2D eigenvalue weighted by Gasteiger charge is 2.75. The van der Waals surface area contributed by atoms with E-state index in [9.17, 15) is 43.5 Å². The van der Waals surface area contributed by atoms with E-state index in [2.05, 4.69) is 22.9 Å². The van der Waals surface area contributed by atoms with Crippen LogP contribution < -0.4 is 0 Å². The van der Waals surface area contributed by atoms with Gasteiger partial charge in [0.15, 0.2) is 6.29 Å². The van der Waals surface area contributed by atoms with E-state index in [4.69, 9.17) is 9.47 Å². The summed E-state index contributed by atoms with van der Waals surface area (Å²) in [6.07, 6.45) is -16.3. The van der Waals surface area contributed by atoms with Crippen molar-refractivity contribution in [3.63, 3.8) is 0 Å². The lowest BCUT2D eigenvalue weighted by Crippen LogP contribution is -2.59. The third-order valence-electron chi connectivity index (χ3n) is 3.20. The molecule has 1 rings (SSSR count). The quantitative estimate of drug-likeness (QED) is 0.292. The first-order valence-electron chi connectivity index (χ1n) is 7.16. The monoisotopic (exact) mass is 471 g/mol. The molecule has 1 aliphatic heterocycles. The fourth-order valence-electron chi connectivity index (χ4n) is 1.94. The lowest BCUT2D eigenvalue weighted by Gasteiger charge is -2.33. The summed E-state index contributed by atoms with van der Waals surface area (Å²) >= 11 is 3.85. The van der Waals surface area contributed by atoms with Crippen molar-refractivity contribution in [2.45, 2.75) is 49.2 Å².